The molecule has 1 aromatic heterocycles. The van der Waals surface area contributed by atoms with Gasteiger partial charge in [0, 0.05) is 10.4 Å². The van der Waals surface area contributed by atoms with Crippen LogP contribution in [-0.2, 0) is 6.42 Å². The van der Waals surface area contributed by atoms with Crippen molar-refractivity contribution in [2.24, 2.45) is 0 Å². The number of aryl methyl sites for hydroxylation is 2. The van der Waals surface area contributed by atoms with E-state index in [0.717, 1.165) is 30.9 Å². The summed E-state index contributed by atoms with van der Waals surface area (Å²) in [5.74, 6) is 1.07. The van der Waals surface area contributed by atoms with Crippen molar-refractivity contribution in [1.82, 2.24) is 10.3 Å². The number of aromatic nitrogens is 1. The lowest BCUT2D eigenvalue weighted by molar-refractivity contribution is 0.283. The molecule has 2 aromatic rings. The van der Waals surface area contributed by atoms with Crippen LogP contribution in [-0.4, -0.2) is 18.6 Å². The molecule has 0 amide bonds. The molecule has 1 aromatic carbocycles. The lowest BCUT2D eigenvalue weighted by Gasteiger charge is -2.24. The smallest absolute Gasteiger partial charge is 0.127 e. The Labute approximate surface area is 117 Å². The van der Waals surface area contributed by atoms with Crippen molar-refractivity contribution in [2.75, 3.05) is 13.7 Å². The second-order valence-electron chi connectivity index (χ2n) is 4.81. The van der Waals surface area contributed by atoms with Crippen molar-refractivity contribution in [3.8, 4) is 5.75 Å². The quantitative estimate of drug-likeness (QED) is 0.934. The summed E-state index contributed by atoms with van der Waals surface area (Å²) in [6, 6.07) is 6.62. The van der Waals surface area contributed by atoms with E-state index in [1.54, 1.807) is 11.3 Å². The molecule has 3 rings (SSSR count). The molecule has 0 spiro atoms. The summed E-state index contributed by atoms with van der Waals surface area (Å²) >= 11 is 1.70. The van der Waals surface area contributed by atoms with Gasteiger partial charge in [-0.05, 0) is 32.4 Å². The number of ether oxygens (including phenoxy) is 1. The first-order chi connectivity index (χ1) is 9.31. The molecule has 1 unspecified atom stereocenters. The van der Waals surface area contributed by atoms with Crippen molar-refractivity contribution in [3.63, 3.8) is 0 Å². The standard InChI is InChI=1S/C15H18N2OS/c1-10-15(19-9-17-10)13(16-2)12-7-3-5-11-6-4-8-18-14(11)12/h3,5,7,9,13,16H,4,6,8H2,1-2H3. The Morgan fingerprint density at radius 3 is 3.05 bits per heavy atom. The monoisotopic (exact) mass is 274 g/mol. The Balaban J connectivity index is 2.07. The number of nitrogens with one attached hydrogen (secondary N) is 1. The maximum absolute atomic E-state index is 5.92. The number of hydrogen-bond acceptors (Lipinski definition) is 4. The summed E-state index contributed by atoms with van der Waals surface area (Å²) < 4.78 is 5.92. The van der Waals surface area contributed by atoms with Gasteiger partial charge in [-0.3, -0.25) is 0 Å². The zero-order valence-corrected chi connectivity index (χ0v) is 12.1. The first-order valence-electron chi connectivity index (χ1n) is 6.63. The molecule has 0 aliphatic carbocycles. The van der Waals surface area contributed by atoms with Gasteiger partial charge < -0.3 is 10.1 Å². The fraction of sp³-hybridized carbons (Fsp3) is 0.400. The van der Waals surface area contributed by atoms with E-state index < -0.39 is 0 Å². The minimum atomic E-state index is 0.167. The van der Waals surface area contributed by atoms with Crippen molar-refractivity contribution in [1.29, 1.82) is 0 Å². The van der Waals surface area contributed by atoms with E-state index in [-0.39, 0.29) is 6.04 Å². The fourth-order valence-electron chi connectivity index (χ4n) is 2.66. The highest BCUT2D eigenvalue weighted by Crippen LogP contribution is 2.37. The predicted molar refractivity (Wildman–Crippen MR) is 78.0 cm³/mol. The van der Waals surface area contributed by atoms with E-state index in [4.69, 9.17) is 4.74 Å². The Morgan fingerprint density at radius 1 is 1.42 bits per heavy atom. The highest BCUT2D eigenvalue weighted by Gasteiger charge is 2.23. The minimum Gasteiger partial charge on any atom is -0.493 e. The minimum absolute atomic E-state index is 0.167. The van der Waals surface area contributed by atoms with Gasteiger partial charge >= 0.3 is 0 Å². The molecule has 3 nitrogen and oxygen atoms in total. The van der Waals surface area contributed by atoms with Crippen LogP contribution in [0.25, 0.3) is 0 Å². The summed E-state index contributed by atoms with van der Waals surface area (Å²) in [6.07, 6.45) is 2.22. The largest absolute Gasteiger partial charge is 0.493 e. The fourth-order valence-corrected chi connectivity index (χ4v) is 3.59. The number of rotatable bonds is 3. The van der Waals surface area contributed by atoms with Crippen LogP contribution in [0.15, 0.2) is 23.7 Å². The topological polar surface area (TPSA) is 34.1 Å². The zero-order valence-electron chi connectivity index (χ0n) is 11.3. The third kappa shape index (κ3) is 2.26. The van der Waals surface area contributed by atoms with Gasteiger partial charge in [-0.1, -0.05) is 18.2 Å². The molecular formula is C15H18N2OS. The maximum atomic E-state index is 5.92. The van der Waals surface area contributed by atoms with Crippen LogP contribution in [0.1, 0.15) is 34.2 Å². The Kier molecular flexibility index (Phi) is 3.53. The van der Waals surface area contributed by atoms with Crippen LogP contribution in [0.4, 0.5) is 0 Å². The van der Waals surface area contributed by atoms with Crippen LogP contribution < -0.4 is 10.1 Å². The Bertz CT molecular complexity index is 579. The maximum Gasteiger partial charge on any atom is 0.127 e. The molecule has 0 saturated heterocycles. The van der Waals surface area contributed by atoms with Gasteiger partial charge in [0.1, 0.15) is 5.75 Å². The Morgan fingerprint density at radius 2 is 2.32 bits per heavy atom. The SMILES string of the molecule is CNC(c1cccc2c1OCCC2)c1scnc1C. The molecule has 0 radical (unpaired) electrons. The summed E-state index contributed by atoms with van der Waals surface area (Å²) in [5.41, 5.74) is 5.56. The normalized spacial score (nSPS) is 15.7. The molecule has 1 aliphatic rings. The molecule has 100 valence electrons. The van der Waals surface area contributed by atoms with Crippen molar-refractivity contribution in [2.45, 2.75) is 25.8 Å². The van der Waals surface area contributed by atoms with E-state index in [9.17, 15) is 0 Å². The van der Waals surface area contributed by atoms with Crippen LogP contribution in [0.2, 0.25) is 0 Å². The number of thiazole rings is 1. The predicted octanol–water partition coefficient (Wildman–Crippen LogP) is 3.09. The van der Waals surface area contributed by atoms with Gasteiger partial charge in [0.15, 0.2) is 0 Å². The zero-order chi connectivity index (χ0) is 13.2. The molecular weight excluding hydrogens is 256 g/mol. The second kappa shape index (κ2) is 5.31. The summed E-state index contributed by atoms with van der Waals surface area (Å²) in [6.45, 7) is 2.88. The molecule has 4 heteroatoms. The van der Waals surface area contributed by atoms with Crippen LogP contribution in [0.3, 0.4) is 0 Å². The third-order valence-electron chi connectivity index (χ3n) is 3.61. The van der Waals surface area contributed by atoms with Crippen LogP contribution in [0, 0.1) is 6.92 Å². The van der Waals surface area contributed by atoms with E-state index in [0.29, 0.717) is 0 Å². The lowest BCUT2D eigenvalue weighted by Crippen LogP contribution is -2.20. The summed E-state index contributed by atoms with van der Waals surface area (Å²) in [5, 5.41) is 3.40. The van der Waals surface area contributed by atoms with Crippen molar-refractivity contribution >= 4 is 11.3 Å². The van der Waals surface area contributed by atoms with E-state index in [1.165, 1.54) is 16.0 Å². The number of hydrogen-bond donors (Lipinski definition) is 1. The van der Waals surface area contributed by atoms with Gasteiger partial charge in [0.25, 0.3) is 0 Å². The average Bonchev–Trinajstić information content (AvgIpc) is 2.86. The first-order valence-corrected chi connectivity index (χ1v) is 7.51. The highest BCUT2D eigenvalue weighted by atomic mass is 32.1. The van der Waals surface area contributed by atoms with E-state index >= 15 is 0 Å². The van der Waals surface area contributed by atoms with Gasteiger partial charge in [-0.25, -0.2) is 4.98 Å². The number of para-hydroxylation sites is 1. The lowest BCUT2D eigenvalue weighted by atomic mass is 9.97. The first kappa shape index (κ1) is 12.6. The van der Waals surface area contributed by atoms with Gasteiger partial charge in [-0.15, -0.1) is 11.3 Å². The van der Waals surface area contributed by atoms with E-state index in [1.807, 2.05) is 12.6 Å². The molecule has 1 atom stereocenters. The molecule has 0 bridgehead atoms. The molecule has 0 saturated carbocycles. The molecule has 1 aliphatic heterocycles. The molecule has 0 fully saturated rings. The van der Waals surface area contributed by atoms with Gasteiger partial charge in [0.05, 0.1) is 23.9 Å². The number of nitrogens with zero attached hydrogens (tertiary/aromatic N) is 1. The van der Waals surface area contributed by atoms with Gasteiger partial charge in [-0.2, -0.15) is 0 Å². The molecule has 2 heterocycles. The van der Waals surface area contributed by atoms with Gasteiger partial charge in [0.2, 0.25) is 0 Å². The van der Waals surface area contributed by atoms with Crippen LogP contribution >= 0.6 is 11.3 Å². The number of benzene rings is 1. The summed E-state index contributed by atoms with van der Waals surface area (Å²) in [7, 11) is 1.99. The Hall–Kier alpha value is -1.39. The summed E-state index contributed by atoms with van der Waals surface area (Å²) in [4.78, 5) is 5.63. The molecule has 19 heavy (non-hydrogen) atoms. The van der Waals surface area contributed by atoms with E-state index in [2.05, 4.69) is 35.4 Å². The average molecular weight is 274 g/mol. The third-order valence-corrected chi connectivity index (χ3v) is 4.60. The van der Waals surface area contributed by atoms with Crippen LogP contribution in [0.5, 0.6) is 5.75 Å². The second-order valence-corrected chi connectivity index (χ2v) is 5.70. The van der Waals surface area contributed by atoms with Crippen molar-refractivity contribution in [3.05, 3.63) is 45.4 Å². The highest BCUT2D eigenvalue weighted by molar-refractivity contribution is 7.09. The molecule has 1 N–H and O–H groups in total. The van der Waals surface area contributed by atoms with Crippen molar-refractivity contribution < 1.29 is 4.74 Å². The number of fused-ring (bicyclic) bond motifs is 1.